The van der Waals surface area contributed by atoms with E-state index in [0.29, 0.717) is 5.92 Å². The van der Waals surface area contributed by atoms with Gasteiger partial charge in [-0.15, -0.1) is 0 Å². The number of amides is 1. The highest BCUT2D eigenvalue weighted by atomic mass is 16.2. The van der Waals surface area contributed by atoms with Gasteiger partial charge in [-0.05, 0) is 37.4 Å². The van der Waals surface area contributed by atoms with Gasteiger partial charge >= 0.3 is 6.03 Å². The zero-order chi connectivity index (χ0) is 18.7. The predicted octanol–water partition coefficient (Wildman–Crippen LogP) is 3.08. The second kappa shape index (κ2) is 8.08. The number of carbonyl (C=O) groups excluding carboxylic acids is 1. The molecule has 0 spiro atoms. The van der Waals surface area contributed by atoms with Gasteiger partial charge in [0.05, 0.1) is 11.2 Å². The quantitative estimate of drug-likeness (QED) is 0.863. The molecule has 6 heteroatoms. The van der Waals surface area contributed by atoms with E-state index in [0.717, 1.165) is 68.1 Å². The summed E-state index contributed by atoms with van der Waals surface area (Å²) in [6.45, 7) is 11.9. The van der Waals surface area contributed by atoms with Crippen molar-refractivity contribution in [2.75, 3.05) is 37.6 Å². The van der Waals surface area contributed by atoms with Crippen LogP contribution in [0.4, 0.5) is 10.5 Å². The minimum absolute atomic E-state index is 0.448. The summed E-state index contributed by atoms with van der Waals surface area (Å²) >= 11 is 0. The molecule has 1 fully saturated rings. The molecule has 0 saturated carbocycles. The van der Waals surface area contributed by atoms with Crippen molar-refractivity contribution < 1.29 is 4.79 Å². The van der Waals surface area contributed by atoms with Crippen LogP contribution in [0.3, 0.4) is 0 Å². The molecule has 1 aromatic carbocycles. The number of imidazole rings is 1. The average molecular weight is 358 g/mol. The highest BCUT2D eigenvalue weighted by Crippen LogP contribution is 2.28. The number of aromatic nitrogens is 2. The van der Waals surface area contributed by atoms with E-state index in [1.807, 2.05) is 12.1 Å². The van der Waals surface area contributed by atoms with E-state index in [-0.39, 0.29) is 0 Å². The van der Waals surface area contributed by atoms with Crippen molar-refractivity contribution >= 4 is 22.8 Å². The third-order valence-corrected chi connectivity index (χ3v) is 5.15. The summed E-state index contributed by atoms with van der Waals surface area (Å²) in [6, 6.07) is 5.62. The largest absolute Gasteiger partial charge is 0.367 e. The van der Waals surface area contributed by atoms with E-state index >= 15 is 0 Å². The zero-order valence-electron chi connectivity index (χ0n) is 16.2. The minimum Gasteiger partial charge on any atom is -0.367 e. The van der Waals surface area contributed by atoms with Gasteiger partial charge in [-0.3, -0.25) is 4.90 Å². The molecule has 0 bridgehead atoms. The topological polar surface area (TPSA) is 67.4 Å². The Kier molecular flexibility index (Phi) is 5.81. The van der Waals surface area contributed by atoms with Crippen LogP contribution < -0.4 is 10.6 Å². The highest BCUT2D eigenvalue weighted by molar-refractivity contribution is 5.95. The van der Waals surface area contributed by atoms with Gasteiger partial charge in [-0.1, -0.05) is 26.8 Å². The third-order valence-electron chi connectivity index (χ3n) is 5.15. The molecule has 0 atom stereocenters. The summed E-state index contributed by atoms with van der Waals surface area (Å²) in [5.41, 5.74) is 8.51. The van der Waals surface area contributed by atoms with Gasteiger partial charge in [0.1, 0.15) is 11.3 Å². The normalized spacial score (nSPS) is 15.9. The first-order chi connectivity index (χ1) is 12.5. The molecule has 0 radical (unpaired) electrons. The molecule has 3 rings (SSSR count). The van der Waals surface area contributed by atoms with Gasteiger partial charge in [0, 0.05) is 32.6 Å². The minimum atomic E-state index is -0.448. The molecule has 1 aromatic heterocycles. The van der Waals surface area contributed by atoms with Crippen LogP contribution in [-0.4, -0.2) is 53.2 Å². The van der Waals surface area contributed by atoms with E-state index in [1.54, 1.807) is 4.57 Å². The van der Waals surface area contributed by atoms with Crippen molar-refractivity contribution in [2.24, 2.45) is 11.7 Å². The van der Waals surface area contributed by atoms with Crippen LogP contribution in [0.15, 0.2) is 18.2 Å². The lowest BCUT2D eigenvalue weighted by molar-refractivity contribution is 0.250. The van der Waals surface area contributed by atoms with Crippen molar-refractivity contribution in [3.8, 4) is 0 Å². The van der Waals surface area contributed by atoms with E-state index in [9.17, 15) is 4.79 Å². The number of anilines is 1. The second-order valence-corrected chi connectivity index (χ2v) is 7.61. The summed E-state index contributed by atoms with van der Waals surface area (Å²) in [5, 5.41) is 0. The van der Waals surface area contributed by atoms with E-state index in [2.05, 4.69) is 36.6 Å². The Morgan fingerprint density at radius 1 is 1.23 bits per heavy atom. The van der Waals surface area contributed by atoms with Crippen LogP contribution in [0.25, 0.3) is 11.0 Å². The molecule has 26 heavy (non-hydrogen) atoms. The number of piperazine rings is 1. The molecular weight excluding hydrogens is 326 g/mol. The Morgan fingerprint density at radius 2 is 1.96 bits per heavy atom. The van der Waals surface area contributed by atoms with E-state index in [1.165, 1.54) is 6.42 Å². The van der Waals surface area contributed by atoms with Gasteiger partial charge < -0.3 is 10.6 Å². The first-order valence-electron chi connectivity index (χ1n) is 9.78. The molecule has 0 unspecified atom stereocenters. The molecular formula is C20H31N5O. The molecule has 142 valence electrons. The Hall–Kier alpha value is -2.08. The molecule has 1 saturated heterocycles. The van der Waals surface area contributed by atoms with Crippen molar-refractivity contribution in [3.05, 3.63) is 24.0 Å². The first kappa shape index (κ1) is 18.7. The Labute approximate surface area is 156 Å². The van der Waals surface area contributed by atoms with Crippen molar-refractivity contribution in [1.82, 2.24) is 14.5 Å². The maximum absolute atomic E-state index is 12.1. The smallest absolute Gasteiger partial charge is 0.324 e. The van der Waals surface area contributed by atoms with Gasteiger partial charge in [-0.2, -0.15) is 0 Å². The first-order valence-corrected chi connectivity index (χ1v) is 9.78. The standard InChI is InChI=1S/C20H31N5O/c1-4-10-23-11-13-24(14-12-23)16-6-5-7-17-19(16)22-18(9-8-15(2)3)25(17)20(21)26/h5-7,15H,4,8-14H2,1-3H3,(H2,21,26). The third kappa shape index (κ3) is 3.85. The summed E-state index contributed by atoms with van der Waals surface area (Å²) in [4.78, 5) is 21.8. The van der Waals surface area contributed by atoms with E-state index in [4.69, 9.17) is 10.7 Å². The number of hydrogen-bond donors (Lipinski definition) is 1. The summed E-state index contributed by atoms with van der Waals surface area (Å²) in [7, 11) is 0. The van der Waals surface area contributed by atoms with Crippen LogP contribution in [0.5, 0.6) is 0 Å². The molecule has 1 aliphatic heterocycles. The molecule has 0 aliphatic carbocycles. The van der Waals surface area contributed by atoms with Gasteiger partial charge in [0.25, 0.3) is 0 Å². The monoisotopic (exact) mass is 357 g/mol. The predicted molar refractivity (Wildman–Crippen MR) is 107 cm³/mol. The van der Waals surface area contributed by atoms with Crippen LogP contribution in [0.2, 0.25) is 0 Å². The number of para-hydroxylation sites is 1. The number of benzene rings is 1. The average Bonchev–Trinajstić information content (AvgIpc) is 2.99. The van der Waals surface area contributed by atoms with Gasteiger partial charge in [-0.25, -0.2) is 14.3 Å². The highest BCUT2D eigenvalue weighted by Gasteiger charge is 2.22. The number of fused-ring (bicyclic) bond motifs is 1. The zero-order valence-corrected chi connectivity index (χ0v) is 16.2. The SMILES string of the molecule is CCCN1CCN(c2cccc3c2nc(CCC(C)C)n3C(N)=O)CC1. The van der Waals surface area contributed by atoms with Crippen molar-refractivity contribution in [2.45, 2.75) is 40.0 Å². The lowest BCUT2D eigenvalue weighted by Crippen LogP contribution is -2.46. The number of nitrogens with zero attached hydrogens (tertiary/aromatic N) is 4. The molecule has 2 heterocycles. The summed E-state index contributed by atoms with van der Waals surface area (Å²) in [5.74, 6) is 1.33. The van der Waals surface area contributed by atoms with Crippen molar-refractivity contribution in [3.63, 3.8) is 0 Å². The van der Waals surface area contributed by atoms with Crippen LogP contribution in [0, 0.1) is 5.92 Å². The number of rotatable bonds is 6. The number of primary amides is 1. The fraction of sp³-hybridized carbons (Fsp3) is 0.600. The molecule has 6 nitrogen and oxygen atoms in total. The summed E-state index contributed by atoms with van der Waals surface area (Å²) < 4.78 is 1.59. The van der Waals surface area contributed by atoms with Crippen LogP contribution >= 0.6 is 0 Å². The van der Waals surface area contributed by atoms with Crippen LogP contribution in [0.1, 0.15) is 39.4 Å². The second-order valence-electron chi connectivity index (χ2n) is 7.61. The number of nitrogens with two attached hydrogens (primary N) is 1. The Morgan fingerprint density at radius 3 is 2.58 bits per heavy atom. The maximum Gasteiger partial charge on any atom is 0.324 e. The number of carbonyl (C=O) groups is 1. The lowest BCUT2D eigenvalue weighted by atomic mass is 10.1. The van der Waals surface area contributed by atoms with Gasteiger partial charge in [0.2, 0.25) is 0 Å². The lowest BCUT2D eigenvalue weighted by Gasteiger charge is -2.36. The maximum atomic E-state index is 12.1. The molecule has 2 aromatic rings. The number of hydrogen-bond acceptors (Lipinski definition) is 4. The molecule has 1 aliphatic rings. The Balaban J connectivity index is 1.92. The fourth-order valence-corrected chi connectivity index (χ4v) is 3.75. The number of aryl methyl sites for hydroxylation is 1. The van der Waals surface area contributed by atoms with Gasteiger partial charge in [0.15, 0.2) is 0 Å². The summed E-state index contributed by atoms with van der Waals surface area (Å²) in [6.07, 6.45) is 2.94. The Bertz CT molecular complexity index is 759. The molecule has 1 amide bonds. The van der Waals surface area contributed by atoms with Crippen LogP contribution in [-0.2, 0) is 6.42 Å². The fourth-order valence-electron chi connectivity index (χ4n) is 3.75. The molecule has 2 N–H and O–H groups in total. The van der Waals surface area contributed by atoms with E-state index < -0.39 is 6.03 Å². The van der Waals surface area contributed by atoms with Crippen molar-refractivity contribution in [1.29, 1.82) is 0 Å².